The third kappa shape index (κ3) is 3.44. The quantitative estimate of drug-likeness (QED) is 0.613. The number of carbonyl (C=O) groups is 2. The predicted octanol–water partition coefficient (Wildman–Crippen LogP) is 3.25. The van der Waals surface area contributed by atoms with Crippen LogP contribution in [-0.4, -0.2) is 21.8 Å². The van der Waals surface area contributed by atoms with Crippen LogP contribution < -0.4 is 10.9 Å². The van der Waals surface area contributed by atoms with E-state index in [1.165, 1.54) is 30.3 Å². The summed E-state index contributed by atoms with van der Waals surface area (Å²) in [6, 6.07) is 17.0. The summed E-state index contributed by atoms with van der Waals surface area (Å²) in [4.78, 5) is 40.3. The number of phenols is 1. The van der Waals surface area contributed by atoms with Crippen LogP contribution in [0.4, 0.5) is 5.69 Å². The van der Waals surface area contributed by atoms with Gasteiger partial charge in [-0.05, 0) is 48.2 Å². The Morgan fingerprint density at radius 2 is 1.71 bits per heavy atom. The molecule has 6 heteroatoms. The first-order valence-electron chi connectivity index (χ1n) is 8.96. The summed E-state index contributed by atoms with van der Waals surface area (Å²) in [5, 5.41) is 11.9. The van der Waals surface area contributed by atoms with E-state index in [0.29, 0.717) is 29.8 Å². The van der Waals surface area contributed by atoms with Gasteiger partial charge in [-0.3, -0.25) is 14.4 Å². The highest BCUT2D eigenvalue weighted by atomic mass is 16.3. The highest BCUT2D eigenvalue weighted by Gasteiger charge is 2.28. The second-order valence-corrected chi connectivity index (χ2v) is 6.84. The Kier molecular flexibility index (Phi) is 4.53. The molecule has 1 aliphatic rings. The zero-order valence-corrected chi connectivity index (χ0v) is 14.9. The number of pyridine rings is 1. The molecule has 4 rings (SSSR count). The van der Waals surface area contributed by atoms with Crippen molar-refractivity contribution in [2.45, 2.75) is 18.8 Å². The van der Waals surface area contributed by atoms with Crippen molar-refractivity contribution in [2.75, 3.05) is 5.32 Å². The number of aromatic hydroxyl groups is 1. The van der Waals surface area contributed by atoms with E-state index in [9.17, 15) is 19.5 Å². The number of hydrogen-bond acceptors (Lipinski definition) is 4. The molecule has 0 saturated heterocycles. The van der Waals surface area contributed by atoms with E-state index in [1.807, 2.05) is 30.3 Å². The molecule has 0 saturated carbocycles. The molecule has 0 radical (unpaired) electrons. The Morgan fingerprint density at radius 3 is 2.43 bits per heavy atom. The van der Waals surface area contributed by atoms with Gasteiger partial charge >= 0.3 is 0 Å². The number of fused-ring (bicyclic) bond motifs is 1. The first-order valence-corrected chi connectivity index (χ1v) is 8.96. The summed E-state index contributed by atoms with van der Waals surface area (Å²) >= 11 is 0. The number of amides is 1. The number of phenolic OH excluding ortho intramolecular Hbond substituents is 1. The van der Waals surface area contributed by atoms with Crippen molar-refractivity contribution in [3.63, 3.8) is 0 Å². The fourth-order valence-electron chi connectivity index (χ4n) is 3.50. The van der Waals surface area contributed by atoms with Crippen molar-refractivity contribution in [3.8, 4) is 5.75 Å². The molecule has 140 valence electrons. The molecule has 1 aliphatic carbocycles. The molecule has 1 aromatic heterocycles. The Balaban J connectivity index is 1.62. The number of H-pyrrole nitrogens is 1. The third-order valence-electron chi connectivity index (χ3n) is 4.95. The molecule has 2 aromatic carbocycles. The van der Waals surface area contributed by atoms with E-state index in [0.717, 1.165) is 5.56 Å². The molecule has 3 aromatic rings. The summed E-state index contributed by atoms with van der Waals surface area (Å²) in [5.74, 6) is -0.616. The van der Waals surface area contributed by atoms with Gasteiger partial charge in [0.05, 0.1) is 0 Å². The van der Waals surface area contributed by atoms with Crippen LogP contribution in [0.5, 0.6) is 5.75 Å². The molecule has 1 atom stereocenters. The van der Waals surface area contributed by atoms with Gasteiger partial charge in [0.25, 0.3) is 11.5 Å². The largest absolute Gasteiger partial charge is 0.508 e. The lowest BCUT2D eigenvalue weighted by Gasteiger charge is -2.24. The number of rotatable bonds is 3. The van der Waals surface area contributed by atoms with E-state index in [1.54, 1.807) is 0 Å². The fourth-order valence-corrected chi connectivity index (χ4v) is 3.50. The Morgan fingerprint density at radius 1 is 1.00 bits per heavy atom. The molecule has 0 fully saturated rings. The SMILES string of the molecule is O=C1C[C@H](c2ccccc2)Cc2[nH]c(=O)c(C(=O)Nc3ccc(O)cc3)cc21. The molecule has 1 amide bonds. The number of ketones is 1. The molecule has 0 unspecified atom stereocenters. The second kappa shape index (κ2) is 7.15. The van der Waals surface area contributed by atoms with E-state index in [4.69, 9.17) is 0 Å². The van der Waals surface area contributed by atoms with Crippen LogP contribution in [0.25, 0.3) is 0 Å². The van der Waals surface area contributed by atoms with Gasteiger partial charge in [-0.25, -0.2) is 0 Å². The van der Waals surface area contributed by atoms with Gasteiger partial charge < -0.3 is 15.4 Å². The van der Waals surface area contributed by atoms with Gasteiger partial charge in [0.2, 0.25) is 0 Å². The monoisotopic (exact) mass is 374 g/mol. The van der Waals surface area contributed by atoms with Crippen molar-refractivity contribution in [1.82, 2.24) is 4.98 Å². The number of carbonyl (C=O) groups excluding carboxylic acids is 2. The smallest absolute Gasteiger partial charge is 0.261 e. The van der Waals surface area contributed by atoms with Crippen molar-refractivity contribution >= 4 is 17.4 Å². The highest BCUT2D eigenvalue weighted by molar-refractivity contribution is 6.06. The van der Waals surface area contributed by atoms with Crippen LogP contribution in [0.2, 0.25) is 0 Å². The van der Waals surface area contributed by atoms with Gasteiger partial charge in [-0.2, -0.15) is 0 Å². The minimum Gasteiger partial charge on any atom is -0.508 e. The normalized spacial score (nSPS) is 15.7. The number of Topliss-reactive ketones (excluding diaryl/α,β-unsaturated/α-hetero) is 1. The predicted molar refractivity (Wildman–Crippen MR) is 105 cm³/mol. The van der Waals surface area contributed by atoms with Crippen molar-refractivity contribution < 1.29 is 14.7 Å². The maximum Gasteiger partial charge on any atom is 0.261 e. The summed E-state index contributed by atoms with van der Waals surface area (Å²) in [7, 11) is 0. The topological polar surface area (TPSA) is 99.3 Å². The Hall–Kier alpha value is -3.67. The third-order valence-corrected chi connectivity index (χ3v) is 4.95. The van der Waals surface area contributed by atoms with Crippen molar-refractivity contribution in [1.29, 1.82) is 0 Å². The first-order chi connectivity index (χ1) is 13.5. The number of aromatic amines is 1. The van der Waals surface area contributed by atoms with Gasteiger partial charge in [0, 0.05) is 23.4 Å². The van der Waals surface area contributed by atoms with Crippen molar-refractivity contribution in [2.24, 2.45) is 0 Å². The number of anilines is 1. The van der Waals surface area contributed by atoms with E-state index in [-0.39, 0.29) is 23.0 Å². The van der Waals surface area contributed by atoms with Gasteiger partial charge in [0.15, 0.2) is 5.78 Å². The van der Waals surface area contributed by atoms with Gasteiger partial charge in [-0.15, -0.1) is 0 Å². The summed E-state index contributed by atoms with van der Waals surface area (Å²) < 4.78 is 0. The molecule has 1 heterocycles. The van der Waals surface area contributed by atoms with E-state index < -0.39 is 11.5 Å². The summed E-state index contributed by atoms with van der Waals surface area (Å²) in [6.45, 7) is 0. The molecule has 0 spiro atoms. The average Bonchev–Trinajstić information content (AvgIpc) is 2.69. The number of hydrogen-bond donors (Lipinski definition) is 3. The lowest BCUT2D eigenvalue weighted by atomic mass is 9.81. The molecular formula is C22H18N2O4. The maximum absolute atomic E-state index is 12.7. The zero-order chi connectivity index (χ0) is 19.7. The lowest BCUT2D eigenvalue weighted by Crippen LogP contribution is -2.29. The molecule has 6 nitrogen and oxygen atoms in total. The zero-order valence-electron chi connectivity index (χ0n) is 14.9. The standard InChI is InChI=1S/C22H18N2O4/c25-16-8-6-15(7-9-16)23-21(27)18-12-17-19(24-22(18)28)10-14(11-20(17)26)13-4-2-1-3-5-13/h1-9,12,14,25H,10-11H2,(H,23,27)(H,24,28)/t14-/m1/s1. The summed E-state index contributed by atoms with van der Waals surface area (Å²) in [6.07, 6.45) is 0.877. The maximum atomic E-state index is 12.7. The molecule has 0 bridgehead atoms. The van der Waals surface area contributed by atoms with Crippen LogP contribution in [0, 0.1) is 0 Å². The van der Waals surface area contributed by atoms with Crippen LogP contribution in [0.3, 0.4) is 0 Å². The van der Waals surface area contributed by atoms with Gasteiger partial charge in [0.1, 0.15) is 11.3 Å². The van der Waals surface area contributed by atoms with Crippen LogP contribution in [-0.2, 0) is 6.42 Å². The first kappa shape index (κ1) is 17.7. The minimum atomic E-state index is -0.604. The Labute approximate surface area is 160 Å². The van der Waals surface area contributed by atoms with Crippen molar-refractivity contribution in [3.05, 3.63) is 93.4 Å². The van der Waals surface area contributed by atoms with Crippen LogP contribution in [0.15, 0.2) is 65.5 Å². The van der Waals surface area contributed by atoms with Crippen LogP contribution >= 0.6 is 0 Å². The molecule has 3 N–H and O–H groups in total. The fraction of sp³-hybridized carbons (Fsp3) is 0.136. The number of nitrogens with one attached hydrogen (secondary N) is 2. The Bertz CT molecular complexity index is 1100. The van der Waals surface area contributed by atoms with Crippen LogP contribution in [0.1, 0.15) is 44.3 Å². The molecular weight excluding hydrogens is 356 g/mol. The number of aromatic nitrogens is 1. The van der Waals surface area contributed by atoms with E-state index >= 15 is 0 Å². The summed E-state index contributed by atoms with van der Waals surface area (Å²) in [5.41, 5.74) is 1.81. The molecule has 0 aliphatic heterocycles. The lowest BCUT2D eigenvalue weighted by molar-refractivity contribution is 0.0963. The molecule has 28 heavy (non-hydrogen) atoms. The average molecular weight is 374 g/mol. The van der Waals surface area contributed by atoms with Gasteiger partial charge in [-0.1, -0.05) is 30.3 Å². The highest BCUT2D eigenvalue weighted by Crippen LogP contribution is 2.31. The minimum absolute atomic E-state index is 0.00789. The van der Waals surface area contributed by atoms with E-state index in [2.05, 4.69) is 10.3 Å². The number of benzene rings is 2. The second-order valence-electron chi connectivity index (χ2n) is 6.84.